The van der Waals surface area contributed by atoms with E-state index < -0.39 is 23.3 Å². The van der Waals surface area contributed by atoms with Crippen molar-refractivity contribution in [3.8, 4) is 0 Å². The molecule has 7 nitrogen and oxygen atoms in total. The number of amides is 2. The Morgan fingerprint density at radius 1 is 1.48 bits per heavy atom. The van der Waals surface area contributed by atoms with Crippen LogP contribution in [0, 0.1) is 5.92 Å². The number of rotatable bonds is 4. The number of carbonyl (C=O) groups excluding carboxylic acids is 3. The fraction of sp³-hybridized carbons (Fsp3) is 0.786. The van der Waals surface area contributed by atoms with Crippen molar-refractivity contribution in [1.82, 2.24) is 10.6 Å². The molecule has 2 N–H and O–H groups in total. The largest absolute Gasteiger partial charge is 0.444 e. The number of carbonyl (C=O) groups is 2. The molecule has 2 aliphatic carbocycles. The molecule has 2 saturated carbocycles. The van der Waals surface area contributed by atoms with E-state index >= 15 is 0 Å². The minimum absolute atomic E-state index is 0.173. The molecule has 4 atom stereocenters. The van der Waals surface area contributed by atoms with Gasteiger partial charge in [-0.1, -0.05) is 0 Å². The molecule has 2 amide bonds. The van der Waals surface area contributed by atoms with Crippen LogP contribution in [-0.4, -0.2) is 41.8 Å². The van der Waals surface area contributed by atoms with Crippen molar-refractivity contribution < 1.29 is 19.1 Å². The first kappa shape index (κ1) is 15.5. The number of nitrogens with zero attached hydrogens (tertiary/aromatic N) is 1. The summed E-state index contributed by atoms with van der Waals surface area (Å²) in [7, 11) is 0. The molecule has 0 spiro atoms. The summed E-state index contributed by atoms with van der Waals surface area (Å²) in [4.78, 5) is 37.4. The van der Waals surface area contributed by atoms with Crippen molar-refractivity contribution in [2.45, 2.75) is 63.3 Å². The van der Waals surface area contributed by atoms with E-state index in [-0.39, 0.29) is 12.0 Å². The molecule has 0 aromatic heterocycles. The van der Waals surface area contributed by atoms with E-state index in [4.69, 9.17) is 4.74 Å². The quantitative estimate of drug-likeness (QED) is 0.457. The molecule has 4 unspecified atom stereocenters. The Bertz CT molecular complexity index is 481. The number of hydrogen-bond donors (Lipinski definition) is 2. The second-order valence-electron chi connectivity index (χ2n) is 6.74. The predicted molar refractivity (Wildman–Crippen MR) is 74.3 cm³/mol. The molecule has 0 radical (unpaired) electrons. The normalized spacial score (nSPS) is 34.0. The summed E-state index contributed by atoms with van der Waals surface area (Å²) in [5.74, 6) is 0.173. The number of ether oxygens (including phenoxy) is 1. The van der Waals surface area contributed by atoms with Crippen LogP contribution < -0.4 is 10.6 Å². The minimum Gasteiger partial charge on any atom is -0.444 e. The van der Waals surface area contributed by atoms with Gasteiger partial charge in [-0.05, 0) is 46.0 Å². The van der Waals surface area contributed by atoms with Gasteiger partial charge in [-0.3, -0.25) is 4.79 Å². The zero-order valence-corrected chi connectivity index (χ0v) is 12.5. The van der Waals surface area contributed by atoms with Gasteiger partial charge < -0.3 is 15.4 Å². The van der Waals surface area contributed by atoms with Crippen LogP contribution >= 0.6 is 0 Å². The number of fused-ring (bicyclic) bond motifs is 2. The molecule has 0 aromatic rings. The lowest BCUT2D eigenvalue weighted by atomic mass is 9.85. The molecular formula is C14H21N3O4. The van der Waals surface area contributed by atoms with Crippen molar-refractivity contribution in [1.29, 1.82) is 0 Å². The Kier molecular flexibility index (Phi) is 4.05. The van der Waals surface area contributed by atoms with Crippen LogP contribution in [-0.2, 0) is 14.3 Å². The van der Waals surface area contributed by atoms with Gasteiger partial charge in [-0.2, -0.15) is 4.99 Å². The van der Waals surface area contributed by atoms with Crippen LogP contribution in [0.15, 0.2) is 4.99 Å². The number of hydrogen-bond acceptors (Lipinski definition) is 5. The van der Waals surface area contributed by atoms with Gasteiger partial charge in [-0.15, -0.1) is 0 Å². The third-order valence-corrected chi connectivity index (χ3v) is 4.21. The fourth-order valence-electron chi connectivity index (χ4n) is 3.53. The Balaban J connectivity index is 2.14. The van der Waals surface area contributed by atoms with E-state index in [0.29, 0.717) is 19.3 Å². The van der Waals surface area contributed by atoms with Gasteiger partial charge in [0.1, 0.15) is 5.60 Å². The molecule has 2 bridgehead atoms. The van der Waals surface area contributed by atoms with Crippen LogP contribution in [0.3, 0.4) is 0 Å². The van der Waals surface area contributed by atoms with Crippen molar-refractivity contribution in [2.24, 2.45) is 10.9 Å². The van der Waals surface area contributed by atoms with Crippen LogP contribution in [0.2, 0.25) is 0 Å². The lowest BCUT2D eigenvalue weighted by Gasteiger charge is -2.36. The standard InChI is InChI=1S/C14H21N3O4/c1-13(2,3)21-12(20)17-10-9-4-5-14(6-9,16-8-19)11(10)15-7-18/h7,9-11H,4-6H2,1-3H3,(H,15,18)(H,17,20). The summed E-state index contributed by atoms with van der Waals surface area (Å²) in [6, 6.07) is -0.682. The van der Waals surface area contributed by atoms with Crippen molar-refractivity contribution in [3.63, 3.8) is 0 Å². The van der Waals surface area contributed by atoms with E-state index in [1.165, 1.54) is 0 Å². The predicted octanol–water partition coefficient (Wildman–Crippen LogP) is 0.883. The highest BCUT2D eigenvalue weighted by molar-refractivity contribution is 5.68. The highest BCUT2D eigenvalue weighted by atomic mass is 16.6. The van der Waals surface area contributed by atoms with Crippen molar-refractivity contribution in [3.05, 3.63) is 0 Å². The average molecular weight is 295 g/mol. The Morgan fingerprint density at radius 3 is 2.76 bits per heavy atom. The number of isocyanates is 1. The minimum atomic E-state index is -0.646. The molecule has 116 valence electrons. The molecule has 0 heterocycles. The monoisotopic (exact) mass is 295 g/mol. The number of nitrogens with one attached hydrogen (secondary N) is 2. The van der Waals surface area contributed by atoms with E-state index in [2.05, 4.69) is 15.6 Å². The first-order valence-corrected chi connectivity index (χ1v) is 7.09. The molecule has 0 aromatic carbocycles. The smallest absolute Gasteiger partial charge is 0.407 e. The summed E-state index contributed by atoms with van der Waals surface area (Å²) < 4.78 is 5.25. The molecular weight excluding hydrogens is 274 g/mol. The SMILES string of the molecule is CC(C)(C)OC(=O)NC1C2CCC(N=C=O)(C2)C1NC=O. The maximum Gasteiger partial charge on any atom is 0.407 e. The fourth-order valence-corrected chi connectivity index (χ4v) is 3.53. The molecule has 2 aliphatic rings. The Hall–Kier alpha value is -1.88. The van der Waals surface area contributed by atoms with E-state index in [1.807, 2.05) is 0 Å². The summed E-state index contributed by atoms with van der Waals surface area (Å²) >= 11 is 0. The van der Waals surface area contributed by atoms with Gasteiger partial charge in [0, 0.05) is 0 Å². The third-order valence-electron chi connectivity index (χ3n) is 4.21. The van der Waals surface area contributed by atoms with Crippen molar-refractivity contribution >= 4 is 18.6 Å². The second kappa shape index (κ2) is 5.48. The first-order chi connectivity index (χ1) is 9.81. The number of aliphatic imine (C=N–C) groups is 1. The third kappa shape index (κ3) is 3.08. The zero-order valence-electron chi connectivity index (χ0n) is 12.5. The highest BCUT2D eigenvalue weighted by Crippen LogP contribution is 2.50. The van der Waals surface area contributed by atoms with Crippen LogP contribution in [0.5, 0.6) is 0 Å². The topological polar surface area (TPSA) is 96.9 Å². The molecule has 0 aliphatic heterocycles. The van der Waals surface area contributed by atoms with Gasteiger partial charge in [0.25, 0.3) is 0 Å². The van der Waals surface area contributed by atoms with E-state index in [0.717, 1.165) is 6.42 Å². The lowest BCUT2D eigenvalue weighted by molar-refractivity contribution is -0.110. The van der Waals surface area contributed by atoms with Crippen LogP contribution in [0.4, 0.5) is 4.79 Å². The molecule has 21 heavy (non-hydrogen) atoms. The van der Waals surface area contributed by atoms with Gasteiger partial charge in [0.05, 0.1) is 17.6 Å². The van der Waals surface area contributed by atoms with E-state index in [9.17, 15) is 14.4 Å². The molecule has 7 heteroatoms. The summed E-state index contributed by atoms with van der Waals surface area (Å²) in [6.45, 7) is 5.35. The summed E-state index contributed by atoms with van der Waals surface area (Å²) in [6.07, 6.45) is 3.88. The van der Waals surface area contributed by atoms with Crippen LogP contribution in [0.25, 0.3) is 0 Å². The highest BCUT2D eigenvalue weighted by Gasteiger charge is 2.59. The number of alkyl carbamates (subject to hydrolysis) is 1. The van der Waals surface area contributed by atoms with Gasteiger partial charge in [0.2, 0.25) is 12.5 Å². The molecule has 2 fully saturated rings. The Morgan fingerprint density at radius 2 is 2.19 bits per heavy atom. The van der Waals surface area contributed by atoms with Gasteiger partial charge in [0.15, 0.2) is 0 Å². The molecule has 2 rings (SSSR count). The maximum atomic E-state index is 11.9. The van der Waals surface area contributed by atoms with Gasteiger partial charge in [-0.25, -0.2) is 9.59 Å². The summed E-state index contributed by atoms with van der Waals surface area (Å²) in [5, 5.41) is 5.51. The average Bonchev–Trinajstić information content (AvgIpc) is 2.86. The first-order valence-electron chi connectivity index (χ1n) is 7.09. The Labute approximate surface area is 123 Å². The maximum absolute atomic E-state index is 11.9. The van der Waals surface area contributed by atoms with Gasteiger partial charge >= 0.3 is 6.09 Å². The molecule has 0 saturated heterocycles. The zero-order chi connectivity index (χ0) is 15.7. The second-order valence-corrected chi connectivity index (χ2v) is 6.74. The lowest BCUT2D eigenvalue weighted by Crippen LogP contribution is -2.58. The van der Waals surface area contributed by atoms with Crippen LogP contribution in [0.1, 0.15) is 40.0 Å². The van der Waals surface area contributed by atoms with E-state index in [1.54, 1.807) is 26.9 Å². The summed E-state index contributed by atoms with van der Waals surface area (Å²) in [5.41, 5.74) is -1.24. The van der Waals surface area contributed by atoms with Crippen molar-refractivity contribution in [2.75, 3.05) is 0 Å².